The van der Waals surface area contributed by atoms with Crippen molar-refractivity contribution in [3.63, 3.8) is 0 Å². The van der Waals surface area contributed by atoms with Gasteiger partial charge in [0.25, 0.3) is 5.69 Å². The number of nitrogens with zero attached hydrogens (tertiary/aromatic N) is 2. The van der Waals surface area contributed by atoms with Gasteiger partial charge in [0.1, 0.15) is 6.61 Å². The van der Waals surface area contributed by atoms with Crippen molar-refractivity contribution in [3.05, 3.63) is 101 Å². The highest BCUT2D eigenvalue weighted by Gasteiger charge is 2.27. The zero-order valence-electron chi connectivity index (χ0n) is 19.0. The summed E-state index contributed by atoms with van der Waals surface area (Å²) in [5.41, 5.74) is 1.48. The van der Waals surface area contributed by atoms with E-state index in [4.69, 9.17) is 49.0 Å². The normalized spacial score (nSPS) is 13.9. The molecule has 1 heterocycles. The molecule has 0 saturated carbocycles. The number of aliphatic imine (C=N–C) groups is 1. The molecule has 8 nitrogen and oxygen atoms in total. The predicted octanol–water partition coefficient (Wildman–Crippen LogP) is 7.64. The number of cyclic esters (lactones) is 1. The molecule has 0 fully saturated rings. The maximum Gasteiger partial charge on any atom is 0.363 e. The highest BCUT2D eigenvalue weighted by molar-refractivity contribution is 9.10. The molecule has 0 amide bonds. The van der Waals surface area contributed by atoms with E-state index in [1.165, 1.54) is 18.2 Å². The molecule has 1 aliphatic rings. The highest BCUT2D eigenvalue weighted by Crippen LogP contribution is 2.39. The molecule has 3 aromatic carbocycles. The van der Waals surface area contributed by atoms with Gasteiger partial charge in [0.2, 0.25) is 5.90 Å². The number of carbonyl (C=O) groups excluding carboxylic acids is 1. The average molecular weight is 627 g/mol. The van der Waals surface area contributed by atoms with Crippen molar-refractivity contribution < 1.29 is 23.9 Å². The van der Waals surface area contributed by atoms with E-state index < -0.39 is 10.9 Å². The van der Waals surface area contributed by atoms with Gasteiger partial charge in [-0.3, -0.25) is 10.1 Å². The molecule has 12 heteroatoms. The fraction of sp³-hybridized carbons (Fsp3) is 0.120. The van der Waals surface area contributed by atoms with Gasteiger partial charge in [-0.1, -0.05) is 40.9 Å². The van der Waals surface area contributed by atoms with Crippen LogP contribution in [0.2, 0.25) is 15.1 Å². The van der Waals surface area contributed by atoms with Crippen molar-refractivity contribution in [1.29, 1.82) is 0 Å². The molecular formula is C25H16BrCl3N2O6. The smallest absolute Gasteiger partial charge is 0.363 e. The Labute approximate surface area is 234 Å². The third-order valence-electron chi connectivity index (χ3n) is 5.02. The molecule has 0 saturated heterocycles. The first-order valence-electron chi connectivity index (χ1n) is 10.7. The molecule has 190 valence electrons. The largest absolute Gasteiger partial charge is 0.490 e. The van der Waals surface area contributed by atoms with Crippen LogP contribution in [0.4, 0.5) is 5.69 Å². The minimum atomic E-state index is -0.696. The van der Waals surface area contributed by atoms with Crippen molar-refractivity contribution >= 4 is 74.4 Å². The van der Waals surface area contributed by atoms with E-state index in [9.17, 15) is 14.9 Å². The van der Waals surface area contributed by atoms with Crippen LogP contribution in [0.5, 0.6) is 11.5 Å². The van der Waals surface area contributed by atoms with E-state index in [2.05, 4.69) is 20.9 Å². The lowest BCUT2D eigenvalue weighted by Gasteiger charge is -2.15. The number of benzene rings is 3. The lowest BCUT2D eigenvalue weighted by molar-refractivity contribution is -0.384. The van der Waals surface area contributed by atoms with Gasteiger partial charge in [-0.2, -0.15) is 0 Å². The van der Waals surface area contributed by atoms with Gasteiger partial charge in [0.15, 0.2) is 17.2 Å². The lowest BCUT2D eigenvalue weighted by atomic mass is 10.1. The maximum absolute atomic E-state index is 12.5. The molecule has 0 atom stereocenters. The van der Waals surface area contributed by atoms with E-state index in [1.54, 1.807) is 30.3 Å². The quantitative estimate of drug-likeness (QED) is 0.110. The second kappa shape index (κ2) is 11.5. The molecule has 3 aromatic rings. The molecule has 1 aliphatic heterocycles. The van der Waals surface area contributed by atoms with Crippen LogP contribution in [0.15, 0.2) is 63.7 Å². The van der Waals surface area contributed by atoms with Gasteiger partial charge in [0.05, 0.1) is 36.6 Å². The van der Waals surface area contributed by atoms with Crippen molar-refractivity contribution in [2.45, 2.75) is 13.5 Å². The first kappa shape index (κ1) is 26.9. The summed E-state index contributed by atoms with van der Waals surface area (Å²) in [7, 11) is 0. The number of halogens is 4. The van der Waals surface area contributed by atoms with E-state index >= 15 is 0 Å². The second-order valence-electron chi connectivity index (χ2n) is 7.56. The maximum atomic E-state index is 12.5. The zero-order valence-corrected chi connectivity index (χ0v) is 22.8. The van der Waals surface area contributed by atoms with Crippen LogP contribution in [0.3, 0.4) is 0 Å². The van der Waals surface area contributed by atoms with Crippen molar-refractivity contribution in [3.8, 4) is 11.5 Å². The van der Waals surface area contributed by atoms with E-state index in [-0.39, 0.29) is 34.5 Å². The van der Waals surface area contributed by atoms with Crippen LogP contribution in [-0.2, 0) is 16.1 Å². The zero-order chi connectivity index (χ0) is 26.7. The second-order valence-corrected chi connectivity index (χ2v) is 9.63. The number of nitro groups is 1. The monoisotopic (exact) mass is 624 g/mol. The summed E-state index contributed by atoms with van der Waals surface area (Å²) < 4.78 is 17.6. The van der Waals surface area contributed by atoms with Crippen molar-refractivity contribution in [2.75, 3.05) is 6.61 Å². The number of hydrogen-bond acceptors (Lipinski definition) is 7. The molecular weight excluding hydrogens is 611 g/mol. The van der Waals surface area contributed by atoms with Crippen LogP contribution in [0.25, 0.3) is 6.08 Å². The summed E-state index contributed by atoms with van der Waals surface area (Å²) in [6.07, 6.45) is 1.52. The molecule has 4 rings (SSSR count). The van der Waals surface area contributed by atoms with Crippen molar-refractivity contribution in [2.24, 2.45) is 4.99 Å². The Morgan fingerprint density at radius 2 is 1.84 bits per heavy atom. The fourth-order valence-electron chi connectivity index (χ4n) is 3.33. The standard InChI is InChI=1S/C25H16BrCl3N2O6/c1-2-35-22-10-14(7-17(26)23(22)36-12-13-3-6-18(27)20(29)8-13)9-21-25(32)37-24(30-21)16-5-4-15(31(33)34)11-19(16)28/h3-11H,2,12H2,1H3/b21-9-. The van der Waals surface area contributed by atoms with Crippen LogP contribution >= 0.6 is 50.7 Å². The Morgan fingerprint density at radius 3 is 2.51 bits per heavy atom. The van der Waals surface area contributed by atoms with E-state index in [0.717, 1.165) is 11.6 Å². The highest BCUT2D eigenvalue weighted by atomic mass is 79.9. The Hall–Kier alpha value is -3.11. The first-order chi connectivity index (χ1) is 17.7. The van der Waals surface area contributed by atoms with Crippen LogP contribution < -0.4 is 9.47 Å². The fourth-order valence-corrected chi connectivity index (χ4v) is 4.48. The molecule has 0 N–H and O–H groups in total. The Morgan fingerprint density at radius 1 is 1.05 bits per heavy atom. The molecule has 0 unspecified atom stereocenters. The van der Waals surface area contributed by atoms with E-state index in [1.807, 2.05) is 6.92 Å². The topological polar surface area (TPSA) is 100 Å². The van der Waals surface area contributed by atoms with Gasteiger partial charge < -0.3 is 14.2 Å². The number of rotatable bonds is 8. The van der Waals surface area contributed by atoms with Gasteiger partial charge in [-0.15, -0.1) is 0 Å². The number of esters is 1. The Bertz CT molecular complexity index is 1480. The van der Waals surface area contributed by atoms with Gasteiger partial charge >= 0.3 is 5.97 Å². The van der Waals surface area contributed by atoms with E-state index in [0.29, 0.717) is 38.2 Å². The Kier molecular flexibility index (Phi) is 8.39. The number of carbonyl (C=O) groups is 1. The number of hydrogen-bond donors (Lipinski definition) is 0. The third-order valence-corrected chi connectivity index (χ3v) is 6.66. The first-order valence-corrected chi connectivity index (χ1v) is 12.6. The van der Waals surface area contributed by atoms with Crippen LogP contribution in [-0.4, -0.2) is 23.4 Å². The van der Waals surface area contributed by atoms with Crippen molar-refractivity contribution in [1.82, 2.24) is 0 Å². The summed E-state index contributed by atoms with van der Waals surface area (Å²) in [6.45, 7) is 2.42. The minimum absolute atomic E-state index is 0.0169. The van der Waals surface area contributed by atoms with Gasteiger partial charge in [-0.05, 0) is 70.4 Å². The van der Waals surface area contributed by atoms with Crippen LogP contribution in [0.1, 0.15) is 23.6 Å². The number of non-ortho nitro benzene ring substituents is 1. The number of nitro benzene ring substituents is 1. The van der Waals surface area contributed by atoms with Gasteiger partial charge in [-0.25, -0.2) is 9.79 Å². The van der Waals surface area contributed by atoms with Crippen LogP contribution in [0, 0.1) is 10.1 Å². The molecule has 0 bridgehead atoms. The predicted molar refractivity (Wildman–Crippen MR) is 145 cm³/mol. The molecule has 0 radical (unpaired) electrons. The third kappa shape index (κ3) is 6.24. The summed E-state index contributed by atoms with van der Waals surface area (Å²) in [4.78, 5) is 27.1. The SMILES string of the molecule is CCOc1cc(/C=C2\N=C(c3ccc([N+](=O)[O-])cc3Cl)OC2=O)cc(Br)c1OCc1ccc(Cl)c(Cl)c1. The average Bonchev–Trinajstić information content (AvgIpc) is 3.20. The summed E-state index contributed by atoms with van der Waals surface area (Å²) in [6, 6.07) is 12.4. The summed E-state index contributed by atoms with van der Waals surface area (Å²) in [5, 5.41) is 11.9. The Balaban J connectivity index is 1.61. The molecule has 0 spiro atoms. The summed E-state index contributed by atoms with van der Waals surface area (Å²) >= 11 is 21.7. The molecule has 0 aromatic heterocycles. The lowest BCUT2D eigenvalue weighted by Crippen LogP contribution is -2.06. The minimum Gasteiger partial charge on any atom is -0.490 e. The number of ether oxygens (including phenoxy) is 3. The summed E-state index contributed by atoms with van der Waals surface area (Å²) in [5.74, 6) is 0.156. The van der Waals surface area contributed by atoms with Gasteiger partial charge in [0, 0.05) is 12.1 Å². The molecule has 0 aliphatic carbocycles. The molecule has 37 heavy (non-hydrogen) atoms.